The van der Waals surface area contributed by atoms with Gasteiger partial charge in [-0.3, -0.25) is 9.69 Å². The molecule has 0 unspecified atom stereocenters. The molecule has 32 heavy (non-hydrogen) atoms. The van der Waals surface area contributed by atoms with E-state index in [-0.39, 0.29) is 24.5 Å². The molecule has 3 aromatic rings. The normalized spacial score (nSPS) is 11.4. The number of carbonyl (C=O) groups excluding carboxylic acids is 1. The van der Waals surface area contributed by atoms with E-state index in [4.69, 9.17) is 9.47 Å². The van der Waals surface area contributed by atoms with E-state index in [1.807, 2.05) is 19.0 Å². The van der Waals surface area contributed by atoms with Gasteiger partial charge in [-0.25, -0.2) is 4.98 Å². The number of halogens is 4. The predicted octanol–water partition coefficient (Wildman–Crippen LogP) is 4.96. The molecule has 0 radical (unpaired) electrons. The molecule has 3 rings (SSSR count). The van der Waals surface area contributed by atoms with Crippen LogP contribution >= 0.6 is 23.7 Å². The van der Waals surface area contributed by atoms with Gasteiger partial charge in [0.05, 0.1) is 19.8 Å². The van der Waals surface area contributed by atoms with Gasteiger partial charge in [0.15, 0.2) is 5.13 Å². The number of thiazole rings is 1. The number of anilines is 1. The summed E-state index contributed by atoms with van der Waals surface area (Å²) in [7, 11) is 6.73. The highest BCUT2D eigenvalue weighted by molar-refractivity contribution is 7.22. The van der Waals surface area contributed by atoms with Crippen molar-refractivity contribution in [3.8, 4) is 11.5 Å². The van der Waals surface area contributed by atoms with Crippen LogP contribution in [-0.2, 0) is 6.18 Å². The van der Waals surface area contributed by atoms with Crippen molar-refractivity contribution in [2.75, 3.05) is 46.3 Å². The summed E-state index contributed by atoms with van der Waals surface area (Å²) in [6, 6.07) is 7.85. The average molecular weight is 490 g/mol. The molecule has 0 aliphatic heterocycles. The van der Waals surface area contributed by atoms with Crippen LogP contribution < -0.4 is 14.4 Å². The first-order valence-electron chi connectivity index (χ1n) is 9.31. The molecule has 1 amide bonds. The van der Waals surface area contributed by atoms with Gasteiger partial charge in [0.2, 0.25) is 0 Å². The fraction of sp³-hybridized carbons (Fsp3) is 0.333. The van der Waals surface area contributed by atoms with E-state index in [9.17, 15) is 18.0 Å². The van der Waals surface area contributed by atoms with Crippen molar-refractivity contribution in [2.24, 2.45) is 0 Å². The van der Waals surface area contributed by atoms with Crippen molar-refractivity contribution in [3.05, 3.63) is 47.5 Å². The summed E-state index contributed by atoms with van der Waals surface area (Å²) in [5, 5.41) is 0.349. The maximum Gasteiger partial charge on any atom is 0.416 e. The molecule has 0 aliphatic rings. The summed E-state index contributed by atoms with van der Waals surface area (Å²) in [4.78, 5) is 21.1. The first kappa shape index (κ1) is 25.7. The van der Waals surface area contributed by atoms with Crippen molar-refractivity contribution in [2.45, 2.75) is 6.18 Å². The Morgan fingerprint density at radius 2 is 1.72 bits per heavy atom. The van der Waals surface area contributed by atoms with E-state index < -0.39 is 17.6 Å². The molecule has 1 heterocycles. The van der Waals surface area contributed by atoms with Crippen molar-refractivity contribution < 1.29 is 27.4 Å². The number of carbonyl (C=O) groups is 1. The number of likely N-dealkylation sites (N-methyl/N-ethyl adjacent to an activating group) is 1. The number of methoxy groups -OCH3 is 2. The minimum atomic E-state index is -4.54. The highest BCUT2D eigenvalue weighted by atomic mass is 35.5. The van der Waals surface area contributed by atoms with E-state index in [0.29, 0.717) is 33.4 Å². The van der Waals surface area contributed by atoms with Crippen LogP contribution in [0.25, 0.3) is 10.2 Å². The Bertz CT molecular complexity index is 1050. The Labute approximate surface area is 194 Å². The molecule has 0 saturated heterocycles. The third kappa shape index (κ3) is 5.43. The summed E-state index contributed by atoms with van der Waals surface area (Å²) in [6.07, 6.45) is -4.54. The van der Waals surface area contributed by atoms with E-state index in [2.05, 4.69) is 4.98 Å². The van der Waals surface area contributed by atoms with Gasteiger partial charge in [0.25, 0.3) is 5.91 Å². The van der Waals surface area contributed by atoms with Crippen LogP contribution in [0.1, 0.15) is 15.9 Å². The molecular weight excluding hydrogens is 467 g/mol. The Morgan fingerprint density at radius 3 is 2.31 bits per heavy atom. The standard InChI is InChI=1S/C21H22F3N3O3S.ClH/c1-26(2)10-11-27(19(28)13-6-5-7-14(12-13)21(22,23)24)20-25-17-15(29-3)8-9-16(30-4)18(17)31-20;/h5-9,12H,10-11H2,1-4H3;1H. The number of nitrogens with zero attached hydrogens (tertiary/aromatic N) is 3. The summed E-state index contributed by atoms with van der Waals surface area (Å²) in [5.74, 6) is 0.515. The Balaban J connectivity index is 0.00000363. The largest absolute Gasteiger partial charge is 0.495 e. The Hall–Kier alpha value is -2.56. The van der Waals surface area contributed by atoms with Crippen LogP contribution in [0.15, 0.2) is 36.4 Å². The molecule has 6 nitrogen and oxygen atoms in total. The lowest BCUT2D eigenvalue weighted by Gasteiger charge is -2.22. The van der Waals surface area contributed by atoms with Gasteiger partial charge in [0, 0.05) is 18.7 Å². The second-order valence-corrected chi connectivity index (χ2v) is 7.96. The van der Waals surface area contributed by atoms with Gasteiger partial charge in [-0.15, -0.1) is 12.4 Å². The molecule has 0 bridgehead atoms. The smallest absolute Gasteiger partial charge is 0.416 e. The fourth-order valence-electron chi connectivity index (χ4n) is 2.96. The van der Waals surface area contributed by atoms with Gasteiger partial charge in [0.1, 0.15) is 21.7 Å². The summed E-state index contributed by atoms with van der Waals surface area (Å²) >= 11 is 1.22. The fourth-order valence-corrected chi connectivity index (χ4v) is 4.06. The topological polar surface area (TPSA) is 54.9 Å². The van der Waals surface area contributed by atoms with Crippen LogP contribution in [0.4, 0.5) is 18.3 Å². The van der Waals surface area contributed by atoms with Crippen molar-refractivity contribution in [3.63, 3.8) is 0 Å². The summed E-state index contributed by atoms with van der Waals surface area (Å²) in [6.45, 7) is 0.738. The number of aromatic nitrogens is 1. The van der Waals surface area contributed by atoms with Gasteiger partial charge < -0.3 is 14.4 Å². The molecule has 0 atom stereocenters. The first-order valence-corrected chi connectivity index (χ1v) is 10.1. The Kier molecular flexibility index (Phi) is 8.33. The van der Waals surface area contributed by atoms with Crippen molar-refractivity contribution in [1.29, 1.82) is 0 Å². The summed E-state index contributed by atoms with van der Waals surface area (Å²) in [5.41, 5.74) is -0.418. The molecule has 0 spiro atoms. The molecule has 174 valence electrons. The molecule has 11 heteroatoms. The first-order chi connectivity index (χ1) is 14.7. The highest BCUT2D eigenvalue weighted by Crippen LogP contribution is 2.40. The predicted molar refractivity (Wildman–Crippen MR) is 122 cm³/mol. The maximum absolute atomic E-state index is 13.3. The van der Waals surface area contributed by atoms with Crippen molar-refractivity contribution >= 4 is 45.0 Å². The monoisotopic (exact) mass is 489 g/mol. The molecule has 0 fully saturated rings. The molecule has 1 aromatic heterocycles. The lowest BCUT2D eigenvalue weighted by atomic mass is 10.1. The summed E-state index contributed by atoms with van der Waals surface area (Å²) < 4.78 is 50.9. The number of hydrogen-bond acceptors (Lipinski definition) is 6. The van der Waals surface area contributed by atoms with Crippen LogP contribution in [0.5, 0.6) is 11.5 Å². The number of alkyl halides is 3. The van der Waals surface area contributed by atoms with Gasteiger partial charge in [-0.2, -0.15) is 13.2 Å². The van der Waals surface area contributed by atoms with Gasteiger partial charge >= 0.3 is 6.18 Å². The quantitative estimate of drug-likeness (QED) is 0.469. The molecule has 2 aromatic carbocycles. The zero-order valence-corrected chi connectivity index (χ0v) is 19.5. The third-order valence-corrected chi connectivity index (χ3v) is 5.68. The Morgan fingerprint density at radius 1 is 1.06 bits per heavy atom. The van der Waals surface area contributed by atoms with E-state index in [0.717, 1.165) is 12.1 Å². The minimum Gasteiger partial charge on any atom is -0.495 e. The third-order valence-electron chi connectivity index (χ3n) is 4.58. The number of rotatable bonds is 7. The second kappa shape index (κ2) is 10.4. The molecule has 0 aliphatic carbocycles. The number of ether oxygens (including phenoxy) is 2. The lowest BCUT2D eigenvalue weighted by molar-refractivity contribution is -0.137. The zero-order valence-electron chi connectivity index (χ0n) is 17.9. The van der Waals surface area contributed by atoms with Crippen molar-refractivity contribution in [1.82, 2.24) is 9.88 Å². The zero-order chi connectivity index (χ0) is 22.8. The number of fused-ring (bicyclic) bond motifs is 1. The minimum absolute atomic E-state index is 0. The van der Waals surface area contributed by atoms with Crippen LogP contribution in [0.2, 0.25) is 0 Å². The second-order valence-electron chi connectivity index (χ2n) is 6.98. The van der Waals surface area contributed by atoms with E-state index in [1.165, 1.54) is 42.6 Å². The average Bonchev–Trinajstić information content (AvgIpc) is 3.17. The molecule has 0 saturated carbocycles. The van der Waals surface area contributed by atoms with Crippen LogP contribution in [0.3, 0.4) is 0 Å². The van der Waals surface area contributed by atoms with Gasteiger partial charge in [-0.1, -0.05) is 17.4 Å². The maximum atomic E-state index is 13.3. The number of hydrogen-bond donors (Lipinski definition) is 0. The highest BCUT2D eigenvalue weighted by Gasteiger charge is 2.32. The van der Waals surface area contributed by atoms with E-state index in [1.54, 1.807) is 12.1 Å². The molecular formula is C21H23ClF3N3O3S. The number of amides is 1. The molecule has 0 N–H and O–H groups in total. The van der Waals surface area contributed by atoms with E-state index >= 15 is 0 Å². The van der Waals surface area contributed by atoms with Gasteiger partial charge in [-0.05, 0) is 44.4 Å². The lowest BCUT2D eigenvalue weighted by Crippen LogP contribution is -2.36. The SMILES string of the molecule is COc1ccc(OC)c2sc(N(CCN(C)C)C(=O)c3cccc(C(F)(F)F)c3)nc12.Cl. The number of benzene rings is 2. The van der Waals surface area contributed by atoms with Crippen LogP contribution in [-0.4, -0.2) is 57.2 Å². The van der Waals surface area contributed by atoms with Crippen LogP contribution in [0, 0.1) is 0 Å².